The highest BCUT2D eigenvalue weighted by Gasteiger charge is 2.37. The minimum absolute atomic E-state index is 0. The van der Waals surface area contributed by atoms with Crippen molar-refractivity contribution in [2.24, 2.45) is 17.3 Å². The smallest absolute Gasteiger partial charge is 0.106 e. The second-order valence-corrected chi connectivity index (χ2v) is 10.4. The summed E-state index contributed by atoms with van der Waals surface area (Å²) >= 11 is 12.4. The van der Waals surface area contributed by atoms with Crippen LogP contribution in [0.5, 0.6) is 0 Å². The molecule has 1 saturated carbocycles. The van der Waals surface area contributed by atoms with E-state index in [1.54, 1.807) is 0 Å². The van der Waals surface area contributed by atoms with Crippen molar-refractivity contribution in [3.63, 3.8) is 0 Å². The van der Waals surface area contributed by atoms with E-state index in [2.05, 4.69) is 47.9 Å². The van der Waals surface area contributed by atoms with Gasteiger partial charge in [-0.15, -0.1) is 0 Å². The zero-order chi connectivity index (χ0) is 18.8. The van der Waals surface area contributed by atoms with Gasteiger partial charge in [0.25, 0.3) is 0 Å². The van der Waals surface area contributed by atoms with E-state index in [0.717, 1.165) is 27.9 Å². The lowest BCUT2D eigenvalue weighted by Gasteiger charge is -2.44. The van der Waals surface area contributed by atoms with Crippen molar-refractivity contribution in [2.45, 2.75) is 72.4 Å². The fourth-order valence-corrected chi connectivity index (χ4v) is 5.19. The van der Waals surface area contributed by atoms with Gasteiger partial charge < -0.3 is 28.5 Å². The third-order valence-corrected chi connectivity index (χ3v) is 7.44. The van der Waals surface area contributed by atoms with E-state index >= 15 is 0 Å². The largest absolute Gasteiger partial charge is 1.00 e. The van der Waals surface area contributed by atoms with E-state index in [1.807, 2.05) is 12.1 Å². The number of benzene rings is 1. The minimum Gasteiger partial charge on any atom is -1.00 e. The number of rotatable bonds is 6. The van der Waals surface area contributed by atoms with Crippen molar-refractivity contribution in [1.82, 2.24) is 0 Å². The summed E-state index contributed by atoms with van der Waals surface area (Å²) in [5, 5.41) is 1.49. The van der Waals surface area contributed by atoms with Crippen LogP contribution in [0.15, 0.2) is 18.2 Å². The summed E-state index contributed by atoms with van der Waals surface area (Å²) in [5.41, 5.74) is 1.68. The van der Waals surface area contributed by atoms with E-state index in [9.17, 15) is 0 Å². The second kappa shape index (κ2) is 9.80. The Labute approximate surface area is 188 Å². The van der Waals surface area contributed by atoms with Gasteiger partial charge >= 0.3 is 0 Å². The molecule has 150 valence electrons. The molecule has 0 aliphatic heterocycles. The minimum atomic E-state index is 0. The Morgan fingerprint density at radius 2 is 1.88 bits per heavy atom. The highest BCUT2D eigenvalue weighted by atomic mass is 127. The van der Waals surface area contributed by atoms with Crippen LogP contribution in [0, 0.1) is 17.3 Å². The molecule has 0 amide bonds. The van der Waals surface area contributed by atoms with Crippen LogP contribution in [-0.2, 0) is 6.54 Å². The average Bonchev–Trinajstić information content (AvgIpc) is 2.48. The summed E-state index contributed by atoms with van der Waals surface area (Å²) in [7, 11) is 4.65. The molecular weight excluding hydrogens is 476 g/mol. The third-order valence-electron chi connectivity index (χ3n) is 6.85. The first-order valence-corrected chi connectivity index (χ1v) is 10.5. The Bertz CT molecular complexity index is 586. The third kappa shape index (κ3) is 6.25. The molecule has 1 aromatic carbocycles. The highest BCUT2D eigenvalue weighted by molar-refractivity contribution is 6.35. The lowest BCUT2D eigenvalue weighted by atomic mass is 9.62. The summed E-state index contributed by atoms with van der Waals surface area (Å²) in [6.07, 6.45) is 6.80. The van der Waals surface area contributed by atoms with Crippen LogP contribution in [0.1, 0.15) is 65.4 Å². The SMILES string of the molecule is CC1CCCC(C)(C)C1CCC(C)[N+](C)(C)Cc1ccc(Cl)cc1Cl.[I-]. The molecule has 0 bridgehead atoms. The van der Waals surface area contributed by atoms with Gasteiger partial charge in [0.05, 0.1) is 25.2 Å². The molecule has 0 N–H and O–H groups in total. The Hall–Kier alpha value is 0.490. The van der Waals surface area contributed by atoms with Crippen molar-refractivity contribution in [2.75, 3.05) is 14.1 Å². The lowest BCUT2D eigenvalue weighted by Crippen LogP contribution is -3.00. The number of quaternary nitrogens is 1. The van der Waals surface area contributed by atoms with Gasteiger partial charge in [-0.1, -0.05) is 62.9 Å². The molecule has 0 radical (unpaired) electrons. The van der Waals surface area contributed by atoms with Crippen LogP contribution in [0.2, 0.25) is 10.0 Å². The second-order valence-electron chi connectivity index (χ2n) is 9.56. The molecule has 2 rings (SSSR count). The van der Waals surface area contributed by atoms with Gasteiger partial charge in [0.1, 0.15) is 6.54 Å². The topological polar surface area (TPSA) is 0 Å². The molecule has 0 spiro atoms. The molecule has 1 aliphatic carbocycles. The Morgan fingerprint density at radius 3 is 2.46 bits per heavy atom. The zero-order valence-electron chi connectivity index (χ0n) is 17.3. The van der Waals surface area contributed by atoms with Gasteiger partial charge in [-0.2, -0.15) is 0 Å². The van der Waals surface area contributed by atoms with Crippen LogP contribution in [-0.4, -0.2) is 24.6 Å². The normalized spacial score (nSPS) is 24.0. The van der Waals surface area contributed by atoms with Crippen molar-refractivity contribution < 1.29 is 28.5 Å². The molecular formula is C22H36Cl2IN. The predicted octanol–water partition coefficient (Wildman–Crippen LogP) is 4.20. The maximum Gasteiger partial charge on any atom is 0.106 e. The molecule has 0 aromatic heterocycles. The number of nitrogens with zero attached hydrogens (tertiary/aromatic N) is 1. The number of halogens is 3. The molecule has 1 aromatic rings. The first kappa shape index (κ1) is 24.5. The summed E-state index contributed by atoms with van der Waals surface area (Å²) in [6.45, 7) is 10.8. The predicted molar refractivity (Wildman–Crippen MR) is 111 cm³/mol. The summed E-state index contributed by atoms with van der Waals surface area (Å²) < 4.78 is 0.961. The van der Waals surface area contributed by atoms with Crippen LogP contribution < -0.4 is 24.0 Å². The fraction of sp³-hybridized carbons (Fsp3) is 0.727. The first-order chi connectivity index (χ1) is 11.5. The molecule has 4 heteroatoms. The van der Waals surface area contributed by atoms with E-state index in [4.69, 9.17) is 23.2 Å². The zero-order valence-corrected chi connectivity index (χ0v) is 21.0. The summed E-state index contributed by atoms with van der Waals surface area (Å²) in [4.78, 5) is 0. The Morgan fingerprint density at radius 1 is 1.23 bits per heavy atom. The molecule has 1 aliphatic rings. The van der Waals surface area contributed by atoms with Crippen molar-refractivity contribution in [3.8, 4) is 0 Å². The quantitative estimate of drug-likeness (QED) is 0.396. The molecule has 0 saturated heterocycles. The number of hydrogen-bond donors (Lipinski definition) is 0. The first-order valence-electron chi connectivity index (χ1n) is 9.79. The average molecular weight is 512 g/mol. The van der Waals surface area contributed by atoms with E-state index < -0.39 is 0 Å². The fourth-order valence-electron chi connectivity index (χ4n) is 4.73. The van der Waals surface area contributed by atoms with E-state index in [-0.39, 0.29) is 24.0 Å². The van der Waals surface area contributed by atoms with Crippen molar-refractivity contribution >= 4 is 23.2 Å². The van der Waals surface area contributed by atoms with Crippen LogP contribution in [0.4, 0.5) is 0 Å². The number of hydrogen-bond acceptors (Lipinski definition) is 0. The van der Waals surface area contributed by atoms with Gasteiger partial charge in [-0.3, -0.25) is 0 Å². The van der Waals surface area contributed by atoms with Gasteiger partial charge in [0.2, 0.25) is 0 Å². The van der Waals surface area contributed by atoms with E-state index in [1.165, 1.54) is 37.7 Å². The maximum absolute atomic E-state index is 6.40. The van der Waals surface area contributed by atoms with Gasteiger partial charge in [-0.05, 0) is 55.6 Å². The van der Waals surface area contributed by atoms with Crippen LogP contribution >= 0.6 is 23.2 Å². The molecule has 3 unspecified atom stereocenters. The molecule has 1 fully saturated rings. The molecule has 26 heavy (non-hydrogen) atoms. The van der Waals surface area contributed by atoms with Gasteiger partial charge in [0, 0.05) is 10.6 Å². The molecule has 0 heterocycles. The van der Waals surface area contributed by atoms with Gasteiger partial charge in [-0.25, -0.2) is 0 Å². The van der Waals surface area contributed by atoms with Crippen molar-refractivity contribution in [1.29, 1.82) is 0 Å². The van der Waals surface area contributed by atoms with E-state index in [0.29, 0.717) is 16.5 Å². The lowest BCUT2D eigenvalue weighted by molar-refractivity contribution is -0.926. The Balaban J connectivity index is 0.00000338. The van der Waals surface area contributed by atoms with Crippen LogP contribution in [0.25, 0.3) is 0 Å². The summed E-state index contributed by atoms with van der Waals surface area (Å²) in [6, 6.07) is 6.48. The highest BCUT2D eigenvalue weighted by Crippen LogP contribution is 2.46. The summed E-state index contributed by atoms with van der Waals surface area (Å²) in [5.74, 6) is 1.71. The molecule has 1 nitrogen and oxygen atoms in total. The van der Waals surface area contributed by atoms with Gasteiger partial charge in [0.15, 0.2) is 0 Å². The molecule has 3 atom stereocenters. The van der Waals surface area contributed by atoms with Crippen molar-refractivity contribution in [3.05, 3.63) is 33.8 Å². The Kier molecular flexibility index (Phi) is 9.25. The standard InChI is InChI=1S/C22H36Cl2N.HI/c1-16-8-7-13-22(3,4)20(16)12-9-17(2)25(5,6)15-18-10-11-19(23)14-21(18)24;/h10-11,14,16-17,20H,7-9,12-13,15H2,1-6H3;1H/q+1;/p-1. The monoisotopic (exact) mass is 511 g/mol. The van der Waals surface area contributed by atoms with Crippen LogP contribution in [0.3, 0.4) is 0 Å². The maximum atomic E-state index is 6.40.